The number of aromatic nitrogens is 4. The molecule has 9 nitrogen and oxygen atoms in total. The van der Waals surface area contributed by atoms with Crippen molar-refractivity contribution >= 4 is 47.0 Å². The Kier molecular flexibility index (Phi) is 6.49. The Balaban J connectivity index is 0.00000240. The van der Waals surface area contributed by atoms with Gasteiger partial charge >= 0.3 is 0 Å². The standard InChI is InChI=1S/C19H18N8O.ClH/c20-8-16-15(22-9-12-3-1-2-6-21-12)7-13(10-23-16)25-19-24-11-17-14(27-19)4-5-18(28)26-17;/h4-5,7,9-12,21H,1-3,6H2,(H,26,28)(H,24,25,27);1H. The number of rotatable bonds is 4. The first-order valence-corrected chi connectivity index (χ1v) is 9.02. The van der Waals surface area contributed by atoms with Gasteiger partial charge in [0, 0.05) is 18.3 Å². The van der Waals surface area contributed by atoms with E-state index in [-0.39, 0.29) is 29.7 Å². The van der Waals surface area contributed by atoms with Crippen LogP contribution in [0.25, 0.3) is 11.0 Å². The van der Waals surface area contributed by atoms with Crippen molar-refractivity contribution in [3.63, 3.8) is 0 Å². The maximum Gasteiger partial charge on any atom is 0.248 e. The van der Waals surface area contributed by atoms with E-state index in [1.165, 1.54) is 31.3 Å². The number of hydrogen-bond acceptors (Lipinski definition) is 8. The highest BCUT2D eigenvalue weighted by molar-refractivity contribution is 5.85. The second-order valence-electron chi connectivity index (χ2n) is 6.48. The number of piperidine rings is 1. The van der Waals surface area contributed by atoms with Crippen LogP contribution in [0.3, 0.4) is 0 Å². The average Bonchev–Trinajstić information content (AvgIpc) is 2.73. The van der Waals surface area contributed by atoms with E-state index < -0.39 is 0 Å². The fourth-order valence-corrected chi connectivity index (χ4v) is 3.02. The zero-order valence-electron chi connectivity index (χ0n) is 15.4. The second kappa shape index (κ2) is 9.23. The molecule has 0 amide bonds. The van der Waals surface area contributed by atoms with Crippen molar-refractivity contribution < 1.29 is 0 Å². The van der Waals surface area contributed by atoms with E-state index in [1.807, 2.05) is 6.21 Å². The second-order valence-corrected chi connectivity index (χ2v) is 6.48. The van der Waals surface area contributed by atoms with Gasteiger partial charge in [0.2, 0.25) is 11.5 Å². The molecule has 0 spiro atoms. The summed E-state index contributed by atoms with van der Waals surface area (Å²) in [4.78, 5) is 31.2. The molecule has 10 heteroatoms. The summed E-state index contributed by atoms with van der Waals surface area (Å²) in [6, 6.07) is 7.06. The number of hydrogen-bond donors (Lipinski definition) is 3. The lowest BCUT2D eigenvalue weighted by Gasteiger charge is -2.19. The number of aromatic amines is 1. The molecule has 0 saturated carbocycles. The first-order valence-electron chi connectivity index (χ1n) is 9.02. The van der Waals surface area contributed by atoms with Crippen LogP contribution in [0.1, 0.15) is 25.0 Å². The topological polar surface area (TPSA) is 132 Å². The quantitative estimate of drug-likeness (QED) is 0.563. The SMILES string of the molecule is Cl.N#Cc1ncc(Nc2ncc3[nH]c(=O)ccc3n2)cc1N=CC1CCCCN1. The Labute approximate surface area is 172 Å². The molecule has 3 N–H and O–H groups in total. The molecule has 4 rings (SSSR count). The molecule has 1 saturated heterocycles. The van der Waals surface area contributed by atoms with Gasteiger partial charge in [-0.3, -0.25) is 9.79 Å². The van der Waals surface area contributed by atoms with Crippen LogP contribution in [0.4, 0.5) is 17.3 Å². The van der Waals surface area contributed by atoms with Gasteiger partial charge in [0.15, 0.2) is 5.69 Å². The maximum absolute atomic E-state index is 11.4. The molecule has 0 bridgehead atoms. The van der Waals surface area contributed by atoms with Crippen LogP contribution in [0.5, 0.6) is 0 Å². The van der Waals surface area contributed by atoms with Gasteiger partial charge in [-0.15, -0.1) is 12.4 Å². The highest BCUT2D eigenvalue weighted by Crippen LogP contribution is 2.23. The van der Waals surface area contributed by atoms with Crippen molar-refractivity contribution in [3.8, 4) is 6.07 Å². The molecule has 1 aliphatic heterocycles. The van der Waals surface area contributed by atoms with Crippen molar-refractivity contribution in [2.75, 3.05) is 11.9 Å². The van der Waals surface area contributed by atoms with Crippen LogP contribution in [0.2, 0.25) is 0 Å². The Morgan fingerprint density at radius 1 is 1.28 bits per heavy atom. The van der Waals surface area contributed by atoms with E-state index in [0.29, 0.717) is 28.4 Å². The predicted molar refractivity (Wildman–Crippen MR) is 113 cm³/mol. The Hall–Kier alpha value is -3.35. The summed E-state index contributed by atoms with van der Waals surface area (Å²) in [7, 11) is 0. The summed E-state index contributed by atoms with van der Waals surface area (Å²) >= 11 is 0. The number of H-pyrrole nitrogens is 1. The van der Waals surface area contributed by atoms with Gasteiger partial charge in [-0.1, -0.05) is 6.42 Å². The molecule has 1 fully saturated rings. The number of nitrogens with one attached hydrogen (secondary N) is 3. The first kappa shape index (κ1) is 20.4. The molecule has 29 heavy (non-hydrogen) atoms. The maximum atomic E-state index is 11.4. The predicted octanol–water partition coefficient (Wildman–Crippen LogP) is 2.59. The molecular formula is C19H19ClN8O. The fraction of sp³-hybridized carbons (Fsp3) is 0.263. The summed E-state index contributed by atoms with van der Waals surface area (Å²) in [5.74, 6) is 0.356. The molecule has 4 heterocycles. The van der Waals surface area contributed by atoms with Crippen molar-refractivity contribution in [1.29, 1.82) is 5.26 Å². The minimum Gasteiger partial charge on any atom is -0.323 e. The number of nitrogens with zero attached hydrogens (tertiary/aromatic N) is 5. The molecule has 3 aromatic rings. The number of aliphatic imine (C=N–C) groups is 1. The number of halogens is 1. The molecule has 0 radical (unpaired) electrons. The van der Waals surface area contributed by atoms with Crippen LogP contribution in [0.15, 0.2) is 40.4 Å². The number of pyridine rings is 2. The summed E-state index contributed by atoms with van der Waals surface area (Å²) < 4.78 is 0. The van der Waals surface area contributed by atoms with E-state index in [1.54, 1.807) is 12.1 Å². The van der Waals surface area contributed by atoms with Gasteiger partial charge in [-0.25, -0.2) is 15.0 Å². The van der Waals surface area contributed by atoms with Crippen LogP contribution in [-0.2, 0) is 0 Å². The fourth-order valence-electron chi connectivity index (χ4n) is 3.02. The smallest absolute Gasteiger partial charge is 0.248 e. The highest BCUT2D eigenvalue weighted by Gasteiger charge is 2.11. The molecule has 1 aliphatic rings. The van der Waals surface area contributed by atoms with E-state index in [2.05, 4.69) is 41.6 Å². The van der Waals surface area contributed by atoms with Gasteiger partial charge < -0.3 is 15.6 Å². The van der Waals surface area contributed by atoms with Gasteiger partial charge in [0.25, 0.3) is 0 Å². The van der Waals surface area contributed by atoms with Crippen molar-refractivity contribution in [3.05, 3.63) is 46.6 Å². The highest BCUT2D eigenvalue weighted by atomic mass is 35.5. The zero-order chi connectivity index (χ0) is 19.3. The first-order chi connectivity index (χ1) is 13.7. The largest absolute Gasteiger partial charge is 0.323 e. The molecule has 1 unspecified atom stereocenters. The summed E-state index contributed by atoms with van der Waals surface area (Å²) in [6.07, 6.45) is 8.29. The normalized spacial score (nSPS) is 16.3. The lowest BCUT2D eigenvalue weighted by Crippen LogP contribution is -2.34. The Bertz CT molecular complexity index is 1130. The third kappa shape index (κ3) is 4.93. The molecule has 0 aliphatic carbocycles. The molecular weight excluding hydrogens is 392 g/mol. The van der Waals surface area contributed by atoms with Crippen molar-refractivity contribution in [2.45, 2.75) is 25.3 Å². The number of nitriles is 1. The average molecular weight is 411 g/mol. The van der Waals surface area contributed by atoms with E-state index in [4.69, 9.17) is 0 Å². The number of fused-ring (bicyclic) bond motifs is 1. The van der Waals surface area contributed by atoms with Crippen LogP contribution >= 0.6 is 12.4 Å². The van der Waals surface area contributed by atoms with Gasteiger partial charge in [-0.2, -0.15) is 5.26 Å². The summed E-state index contributed by atoms with van der Waals surface area (Å²) in [5.41, 5.74) is 2.33. The van der Waals surface area contributed by atoms with Crippen LogP contribution in [-0.4, -0.2) is 38.7 Å². The lowest BCUT2D eigenvalue weighted by atomic mass is 10.1. The van der Waals surface area contributed by atoms with E-state index in [9.17, 15) is 10.1 Å². The van der Waals surface area contributed by atoms with E-state index in [0.717, 1.165) is 13.0 Å². The van der Waals surface area contributed by atoms with Crippen LogP contribution in [0, 0.1) is 11.3 Å². The van der Waals surface area contributed by atoms with E-state index >= 15 is 0 Å². The molecule has 148 valence electrons. The minimum absolute atomic E-state index is 0. The van der Waals surface area contributed by atoms with Crippen LogP contribution < -0.4 is 16.2 Å². The monoisotopic (exact) mass is 410 g/mol. The van der Waals surface area contributed by atoms with Gasteiger partial charge in [0.1, 0.15) is 11.8 Å². The zero-order valence-corrected chi connectivity index (χ0v) is 16.2. The lowest BCUT2D eigenvalue weighted by molar-refractivity contribution is 0.476. The third-order valence-electron chi connectivity index (χ3n) is 4.44. The summed E-state index contributed by atoms with van der Waals surface area (Å²) in [6.45, 7) is 0.978. The molecule has 1 atom stereocenters. The molecule has 0 aromatic carbocycles. The van der Waals surface area contributed by atoms with Crippen molar-refractivity contribution in [1.82, 2.24) is 25.3 Å². The number of anilines is 2. The Morgan fingerprint density at radius 3 is 2.97 bits per heavy atom. The Morgan fingerprint density at radius 2 is 2.17 bits per heavy atom. The van der Waals surface area contributed by atoms with Gasteiger partial charge in [0.05, 0.1) is 29.1 Å². The van der Waals surface area contributed by atoms with Gasteiger partial charge in [-0.05, 0) is 31.5 Å². The third-order valence-corrected chi connectivity index (χ3v) is 4.44. The molecule has 3 aromatic heterocycles. The van der Waals surface area contributed by atoms with Crippen molar-refractivity contribution in [2.24, 2.45) is 4.99 Å². The minimum atomic E-state index is -0.205. The summed E-state index contributed by atoms with van der Waals surface area (Å²) in [5, 5.41) is 15.8.